The summed E-state index contributed by atoms with van der Waals surface area (Å²) < 4.78 is 30.9. The largest absolute Gasteiger partial charge is 0.604 e. The molecule has 0 radical (unpaired) electrons. The molecule has 0 amide bonds. The summed E-state index contributed by atoms with van der Waals surface area (Å²) in [7, 11) is -4.11. The molecule has 0 atom stereocenters. The zero-order valence-electron chi connectivity index (χ0n) is 27.1. The van der Waals surface area contributed by atoms with Gasteiger partial charge in [0.05, 0.1) is 11.9 Å². The van der Waals surface area contributed by atoms with Crippen LogP contribution in [-0.2, 0) is 34.3 Å². The summed E-state index contributed by atoms with van der Waals surface area (Å²) in [6.45, 7) is 8.90. The van der Waals surface area contributed by atoms with E-state index in [0.29, 0.717) is 11.5 Å². The fourth-order valence-corrected chi connectivity index (χ4v) is 6.53. The number of hydrogen-bond donors (Lipinski definition) is 0. The van der Waals surface area contributed by atoms with Gasteiger partial charge in [-0.3, -0.25) is 0 Å². The maximum Gasteiger partial charge on any atom is 0.604 e. The second kappa shape index (κ2) is 22.1. The van der Waals surface area contributed by atoms with E-state index in [1.54, 1.807) is 0 Å². The summed E-state index contributed by atoms with van der Waals surface area (Å²) in [5.41, 5.74) is 4.66. The van der Waals surface area contributed by atoms with Gasteiger partial charge in [-0.1, -0.05) is 129 Å². The standard InChI is InChI=1S/C36H58ClO4P/c1-5-9-13-17-21-31-25-27-35(33(29-31)23-19-15-11-7-3)39-42(38,41-37)40-36-28-26-32(22-18-14-10-6-2)30-34(36)24-20-16-12-8-4/h25-30H,5-24H2,1-4H3. The smallest absolute Gasteiger partial charge is 0.394 e. The molecule has 0 aliphatic carbocycles. The molecule has 0 spiro atoms. The molecule has 0 unspecified atom stereocenters. The summed E-state index contributed by atoms with van der Waals surface area (Å²) >= 11 is 5.85. The van der Waals surface area contributed by atoms with Crippen LogP contribution in [0.2, 0.25) is 0 Å². The van der Waals surface area contributed by atoms with E-state index in [2.05, 4.69) is 52.0 Å². The van der Waals surface area contributed by atoms with Crippen LogP contribution in [0, 0.1) is 0 Å². The molecule has 42 heavy (non-hydrogen) atoms. The number of phosphoric ester groups is 1. The zero-order chi connectivity index (χ0) is 30.5. The number of hydrogen-bond acceptors (Lipinski definition) is 4. The normalized spacial score (nSPS) is 11.6. The topological polar surface area (TPSA) is 44.8 Å². The van der Waals surface area contributed by atoms with Crippen molar-refractivity contribution >= 4 is 19.7 Å². The van der Waals surface area contributed by atoms with Gasteiger partial charge in [-0.2, -0.15) is 4.08 Å². The average Bonchev–Trinajstić information content (AvgIpc) is 3.00. The Hall–Kier alpha value is -1.48. The molecule has 0 aromatic heterocycles. The number of halogens is 1. The third-order valence-electron chi connectivity index (χ3n) is 7.99. The van der Waals surface area contributed by atoms with Gasteiger partial charge in [-0.05, 0) is 85.8 Å². The van der Waals surface area contributed by atoms with E-state index in [1.807, 2.05) is 12.1 Å². The Morgan fingerprint density at radius 1 is 0.524 bits per heavy atom. The van der Waals surface area contributed by atoms with Gasteiger partial charge in [0.25, 0.3) is 0 Å². The first kappa shape index (κ1) is 36.7. The first-order chi connectivity index (χ1) is 20.5. The van der Waals surface area contributed by atoms with Gasteiger partial charge < -0.3 is 9.05 Å². The van der Waals surface area contributed by atoms with Crippen molar-refractivity contribution in [3.05, 3.63) is 58.7 Å². The molecule has 238 valence electrons. The van der Waals surface area contributed by atoms with Crippen LogP contribution in [0.1, 0.15) is 153 Å². The van der Waals surface area contributed by atoms with Crippen LogP contribution in [0.5, 0.6) is 11.5 Å². The van der Waals surface area contributed by atoms with Gasteiger partial charge in [-0.15, -0.1) is 0 Å². The Bertz CT molecular complexity index is 964. The van der Waals surface area contributed by atoms with Gasteiger partial charge in [-0.25, -0.2) is 4.57 Å². The molecule has 0 saturated carbocycles. The van der Waals surface area contributed by atoms with E-state index in [0.717, 1.165) is 62.5 Å². The summed E-state index contributed by atoms with van der Waals surface area (Å²) in [5, 5.41) is 0. The molecule has 2 aromatic rings. The summed E-state index contributed by atoms with van der Waals surface area (Å²) in [6.07, 6.45) is 22.8. The molecule has 0 aliphatic heterocycles. The third kappa shape index (κ3) is 14.3. The minimum absolute atomic E-state index is 0.532. The maximum atomic E-state index is 13.8. The quantitative estimate of drug-likeness (QED) is 0.0818. The molecule has 0 fully saturated rings. The van der Waals surface area contributed by atoms with E-state index in [9.17, 15) is 4.57 Å². The lowest BCUT2D eigenvalue weighted by Crippen LogP contribution is -2.05. The van der Waals surface area contributed by atoms with Crippen LogP contribution in [0.4, 0.5) is 0 Å². The molecule has 0 heterocycles. The molecule has 2 aromatic carbocycles. The Balaban J connectivity index is 2.24. The van der Waals surface area contributed by atoms with Crippen molar-refractivity contribution in [2.24, 2.45) is 0 Å². The van der Waals surface area contributed by atoms with E-state index < -0.39 is 7.82 Å². The van der Waals surface area contributed by atoms with E-state index in [4.69, 9.17) is 25.0 Å². The summed E-state index contributed by atoms with van der Waals surface area (Å²) in [5.74, 6) is 1.06. The molecule has 0 aliphatic rings. The molecule has 0 bridgehead atoms. The number of rotatable bonds is 25. The van der Waals surface area contributed by atoms with Crippen LogP contribution < -0.4 is 9.05 Å². The Labute approximate surface area is 263 Å². The van der Waals surface area contributed by atoms with Crippen molar-refractivity contribution in [3.63, 3.8) is 0 Å². The predicted molar refractivity (Wildman–Crippen MR) is 180 cm³/mol. The highest BCUT2D eigenvalue weighted by molar-refractivity contribution is 7.50. The lowest BCUT2D eigenvalue weighted by molar-refractivity contribution is 0.305. The second-order valence-corrected chi connectivity index (χ2v) is 13.6. The number of phosphoric acid groups is 1. The van der Waals surface area contributed by atoms with E-state index in [1.165, 1.54) is 88.2 Å². The van der Waals surface area contributed by atoms with Crippen LogP contribution in [0.25, 0.3) is 0 Å². The van der Waals surface area contributed by atoms with Crippen molar-refractivity contribution < 1.29 is 17.7 Å². The van der Waals surface area contributed by atoms with Crippen molar-refractivity contribution in [2.45, 2.75) is 156 Å². The lowest BCUT2D eigenvalue weighted by atomic mass is 10.00. The van der Waals surface area contributed by atoms with Crippen molar-refractivity contribution in [3.8, 4) is 11.5 Å². The fourth-order valence-electron chi connectivity index (χ4n) is 5.43. The Morgan fingerprint density at radius 3 is 1.21 bits per heavy atom. The van der Waals surface area contributed by atoms with Gasteiger partial charge in [0.2, 0.25) is 0 Å². The molecule has 6 heteroatoms. The van der Waals surface area contributed by atoms with Crippen LogP contribution in [0.3, 0.4) is 0 Å². The number of aryl methyl sites for hydroxylation is 4. The fraction of sp³-hybridized carbons (Fsp3) is 0.667. The monoisotopic (exact) mass is 620 g/mol. The average molecular weight is 621 g/mol. The molecule has 0 saturated heterocycles. The molecule has 0 N–H and O–H groups in total. The van der Waals surface area contributed by atoms with E-state index >= 15 is 0 Å². The molecule has 2 rings (SSSR count). The first-order valence-electron chi connectivity index (χ1n) is 17.0. The number of unbranched alkanes of at least 4 members (excludes halogenated alkanes) is 12. The second-order valence-electron chi connectivity index (χ2n) is 11.8. The molecular formula is C36H58ClO4P. The van der Waals surface area contributed by atoms with Crippen LogP contribution in [-0.4, -0.2) is 0 Å². The van der Waals surface area contributed by atoms with Gasteiger partial charge in [0.15, 0.2) is 0 Å². The lowest BCUT2D eigenvalue weighted by Gasteiger charge is -2.20. The summed E-state index contributed by atoms with van der Waals surface area (Å²) in [4.78, 5) is 0. The van der Waals surface area contributed by atoms with Crippen LogP contribution >= 0.6 is 19.7 Å². The highest BCUT2D eigenvalue weighted by Gasteiger charge is 2.33. The van der Waals surface area contributed by atoms with Crippen molar-refractivity contribution in [2.75, 3.05) is 0 Å². The minimum Gasteiger partial charge on any atom is -0.394 e. The van der Waals surface area contributed by atoms with Gasteiger partial charge >= 0.3 is 7.82 Å². The maximum absolute atomic E-state index is 13.8. The third-order valence-corrected chi connectivity index (χ3v) is 9.51. The Morgan fingerprint density at radius 2 is 0.881 bits per heavy atom. The number of benzene rings is 2. The minimum atomic E-state index is -4.11. The highest BCUT2D eigenvalue weighted by atomic mass is 35.5. The van der Waals surface area contributed by atoms with Crippen molar-refractivity contribution in [1.29, 1.82) is 0 Å². The highest BCUT2D eigenvalue weighted by Crippen LogP contribution is 2.52. The van der Waals surface area contributed by atoms with Crippen molar-refractivity contribution in [1.82, 2.24) is 0 Å². The van der Waals surface area contributed by atoms with E-state index in [-0.39, 0.29) is 0 Å². The van der Waals surface area contributed by atoms with Gasteiger partial charge in [0.1, 0.15) is 11.5 Å². The summed E-state index contributed by atoms with van der Waals surface area (Å²) in [6, 6.07) is 12.4. The van der Waals surface area contributed by atoms with Gasteiger partial charge in [0, 0.05) is 0 Å². The molecular weight excluding hydrogens is 563 g/mol. The first-order valence-corrected chi connectivity index (χ1v) is 18.8. The SMILES string of the molecule is CCCCCCc1ccc(OP(=O)(OCl)Oc2ccc(CCCCCC)cc2CCCCCC)c(CCCCCC)c1. The predicted octanol–water partition coefficient (Wildman–Crippen LogP) is 12.9. The Kier molecular flexibility index (Phi) is 19.3. The van der Waals surface area contributed by atoms with Crippen LogP contribution in [0.15, 0.2) is 36.4 Å². The molecule has 4 nitrogen and oxygen atoms in total. The zero-order valence-corrected chi connectivity index (χ0v) is 28.7.